The van der Waals surface area contributed by atoms with Crippen molar-refractivity contribution < 1.29 is 19.2 Å². The molecule has 0 aromatic heterocycles. The second kappa shape index (κ2) is 5.47. The molecule has 8 nitrogen and oxygen atoms in total. The Hall–Kier alpha value is -2.77. The lowest BCUT2D eigenvalue weighted by atomic mass is 10.1. The topological polar surface area (TPSA) is 102 Å². The Morgan fingerprint density at radius 1 is 1.45 bits per heavy atom. The van der Waals surface area contributed by atoms with Gasteiger partial charge in [0.1, 0.15) is 0 Å². The molecular weight excluding hydrogens is 266 g/mol. The van der Waals surface area contributed by atoms with Gasteiger partial charge >= 0.3 is 5.97 Å². The number of hydrogen-bond acceptors (Lipinski definition) is 6. The molecule has 0 bridgehead atoms. The summed E-state index contributed by atoms with van der Waals surface area (Å²) >= 11 is 0. The van der Waals surface area contributed by atoms with Gasteiger partial charge in [-0.25, -0.2) is 0 Å². The van der Waals surface area contributed by atoms with E-state index in [0.29, 0.717) is 5.69 Å². The molecule has 20 heavy (non-hydrogen) atoms. The lowest BCUT2D eigenvalue weighted by Crippen LogP contribution is -2.32. The van der Waals surface area contributed by atoms with E-state index >= 15 is 0 Å². The number of esters is 1. The van der Waals surface area contributed by atoms with Crippen molar-refractivity contribution in [3.05, 3.63) is 34.4 Å². The number of amides is 1. The van der Waals surface area contributed by atoms with Crippen LogP contribution in [-0.4, -0.2) is 29.6 Å². The van der Waals surface area contributed by atoms with Crippen LogP contribution in [0.25, 0.3) is 0 Å². The second-order valence-corrected chi connectivity index (χ2v) is 3.92. The highest BCUT2D eigenvalue weighted by Crippen LogP contribution is 2.24. The third kappa shape index (κ3) is 2.48. The summed E-state index contributed by atoms with van der Waals surface area (Å²) in [6.07, 6.45) is 1.20. The van der Waals surface area contributed by atoms with Gasteiger partial charge in [-0.05, 0) is 19.1 Å². The third-order valence-electron chi connectivity index (χ3n) is 2.65. The minimum Gasteiger partial charge on any atom is -0.465 e. The Balaban J connectivity index is 2.15. The number of non-ortho nitro benzene ring substituents is 1. The molecule has 0 aliphatic carbocycles. The molecule has 0 spiro atoms. The number of nitro benzene ring substituents is 1. The van der Waals surface area contributed by atoms with E-state index < -0.39 is 22.7 Å². The van der Waals surface area contributed by atoms with Gasteiger partial charge in [0.15, 0.2) is 5.92 Å². The average molecular weight is 277 g/mol. The number of carbonyl (C=O) groups excluding carboxylic acids is 2. The Morgan fingerprint density at radius 2 is 2.10 bits per heavy atom. The molecule has 0 saturated heterocycles. The molecule has 0 N–H and O–H groups in total. The van der Waals surface area contributed by atoms with Crippen molar-refractivity contribution in [2.75, 3.05) is 11.6 Å². The van der Waals surface area contributed by atoms with E-state index in [1.54, 1.807) is 6.92 Å². The van der Waals surface area contributed by atoms with Crippen LogP contribution in [0, 0.1) is 16.0 Å². The molecular formula is C12H11N3O5. The molecule has 1 aromatic carbocycles. The number of nitrogens with zero attached hydrogens (tertiary/aromatic N) is 3. The van der Waals surface area contributed by atoms with Crippen molar-refractivity contribution in [3.63, 3.8) is 0 Å². The van der Waals surface area contributed by atoms with E-state index in [1.807, 2.05) is 0 Å². The van der Waals surface area contributed by atoms with E-state index in [2.05, 4.69) is 5.10 Å². The van der Waals surface area contributed by atoms with Gasteiger partial charge in [-0.15, -0.1) is 0 Å². The standard InChI is InChI=1S/C12H11N3O5/c1-2-20-12(17)10-7-13-14(11(10)16)8-3-5-9(6-4-8)15(18)19/h3-7,10H,2H2,1H3. The maximum Gasteiger partial charge on any atom is 0.324 e. The van der Waals surface area contributed by atoms with Crippen LogP contribution in [0.1, 0.15) is 6.92 Å². The third-order valence-corrected chi connectivity index (χ3v) is 2.65. The lowest BCUT2D eigenvalue weighted by Gasteiger charge is -2.13. The lowest BCUT2D eigenvalue weighted by molar-refractivity contribution is -0.384. The highest BCUT2D eigenvalue weighted by Gasteiger charge is 2.36. The van der Waals surface area contributed by atoms with Crippen molar-refractivity contribution in [3.8, 4) is 0 Å². The summed E-state index contributed by atoms with van der Waals surface area (Å²) in [5.41, 5.74) is 0.259. The van der Waals surface area contributed by atoms with Gasteiger partial charge in [-0.2, -0.15) is 10.1 Å². The summed E-state index contributed by atoms with van der Waals surface area (Å²) in [5.74, 6) is -2.27. The Kier molecular flexibility index (Phi) is 3.74. The second-order valence-electron chi connectivity index (χ2n) is 3.92. The fourth-order valence-corrected chi connectivity index (χ4v) is 1.69. The van der Waals surface area contributed by atoms with E-state index in [0.717, 1.165) is 5.01 Å². The van der Waals surface area contributed by atoms with E-state index in [9.17, 15) is 19.7 Å². The maximum atomic E-state index is 12.0. The summed E-state index contributed by atoms with van der Waals surface area (Å²) < 4.78 is 4.76. The monoisotopic (exact) mass is 277 g/mol. The van der Waals surface area contributed by atoms with Crippen LogP contribution < -0.4 is 5.01 Å². The first kappa shape index (κ1) is 13.7. The van der Waals surface area contributed by atoms with Crippen LogP contribution in [-0.2, 0) is 14.3 Å². The van der Waals surface area contributed by atoms with E-state index in [-0.39, 0.29) is 12.3 Å². The van der Waals surface area contributed by atoms with Gasteiger partial charge in [0.2, 0.25) is 0 Å². The van der Waals surface area contributed by atoms with Crippen molar-refractivity contribution in [1.82, 2.24) is 0 Å². The molecule has 0 saturated carbocycles. The van der Waals surface area contributed by atoms with Crippen LogP contribution in [0.4, 0.5) is 11.4 Å². The van der Waals surface area contributed by atoms with Gasteiger partial charge in [-0.1, -0.05) is 0 Å². The molecule has 1 heterocycles. The number of nitro groups is 1. The van der Waals surface area contributed by atoms with E-state index in [1.165, 1.54) is 30.5 Å². The van der Waals surface area contributed by atoms with Crippen LogP contribution >= 0.6 is 0 Å². The molecule has 0 radical (unpaired) electrons. The molecule has 104 valence electrons. The molecule has 2 rings (SSSR count). The highest BCUT2D eigenvalue weighted by atomic mass is 16.6. The van der Waals surface area contributed by atoms with Gasteiger partial charge in [0.05, 0.1) is 17.2 Å². The minimum atomic E-state index is -1.06. The molecule has 0 fully saturated rings. The van der Waals surface area contributed by atoms with Crippen molar-refractivity contribution in [2.45, 2.75) is 6.92 Å². The van der Waals surface area contributed by atoms with Gasteiger partial charge in [-0.3, -0.25) is 19.7 Å². The summed E-state index contributed by atoms with van der Waals surface area (Å²) in [4.78, 5) is 33.5. The predicted octanol–water partition coefficient (Wildman–Crippen LogP) is 1.11. The van der Waals surface area contributed by atoms with Crippen molar-refractivity contribution >= 4 is 29.5 Å². The van der Waals surface area contributed by atoms with Crippen LogP contribution in [0.5, 0.6) is 0 Å². The van der Waals surface area contributed by atoms with Gasteiger partial charge in [0.25, 0.3) is 11.6 Å². The number of rotatable bonds is 4. The van der Waals surface area contributed by atoms with Crippen molar-refractivity contribution in [2.24, 2.45) is 11.0 Å². The normalized spacial score (nSPS) is 17.4. The highest BCUT2D eigenvalue weighted by molar-refractivity contribution is 6.19. The summed E-state index contributed by atoms with van der Waals surface area (Å²) in [6.45, 7) is 1.82. The molecule has 1 aromatic rings. The van der Waals surface area contributed by atoms with E-state index in [4.69, 9.17) is 4.74 Å². The molecule has 1 aliphatic rings. The first-order valence-corrected chi connectivity index (χ1v) is 5.83. The average Bonchev–Trinajstić information content (AvgIpc) is 2.81. The fraction of sp³-hybridized carbons (Fsp3) is 0.250. The number of benzene rings is 1. The van der Waals surface area contributed by atoms with Crippen molar-refractivity contribution in [1.29, 1.82) is 0 Å². The Labute approximate surface area is 113 Å². The van der Waals surface area contributed by atoms with Crippen LogP contribution in [0.3, 0.4) is 0 Å². The summed E-state index contributed by atoms with van der Waals surface area (Å²) in [5, 5.41) is 15.4. The summed E-state index contributed by atoms with van der Waals surface area (Å²) in [7, 11) is 0. The predicted molar refractivity (Wildman–Crippen MR) is 69.2 cm³/mol. The first-order chi connectivity index (χ1) is 9.54. The Bertz CT molecular complexity index is 581. The molecule has 8 heteroatoms. The van der Waals surface area contributed by atoms with Crippen LogP contribution in [0.15, 0.2) is 29.4 Å². The number of carbonyl (C=O) groups is 2. The molecule has 1 unspecified atom stereocenters. The van der Waals surface area contributed by atoms with Crippen LogP contribution in [0.2, 0.25) is 0 Å². The number of anilines is 1. The molecule has 1 atom stereocenters. The zero-order valence-corrected chi connectivity index (χ0v) is 10.6. The first-order valence-electron chi connectivity index (χ1n) is 5.83. The number of ether oxygens (including phenoxy) is 1. The largest absolute Gasteiger partial charge is 0.465 e. The smallest absolute Gasteiger partial charge is 0.324 e. The zero-order chi connectivity index (χ0) is 14.7. The molecule has 1 aliphatic heterocycles. The van der Waals surface area contributed by atoms with Gasteiger partial charge < -0.3 is 4.74 Å². The summed E-state index contributed by atoms with van der Waals surface area (Å²) in [6, 6.07) is 5.30. The fourth-order valence-electron chi connectivity index (χ4n) is 1.69. The minimum absolute atomic E-state index is 0.0914. The number of hydrazone groups is 1. The number of hydrogen-bond donors (Lipinski definition) is 0. The maximum absolute atomic E-state index is 12.0. The molecule has 1 amide bonds. The van der Waals surface area contributed by atoms with Gasteiger partial charge in [0, 0.05) is 18.3 Å². The Morgan fingerprint density at radius 3 is 2.65 bits per heavy atom. The zero-order valence-electron chi connectivity index (χ0n) is 10.6. The quantitative estimate of drug-likeness (QED) is 0.355. The SMILES string of the molecule is CCOC(=O)C1C=NN(c2ccc([N+](=O)[O-])cc2)C1=O.